The summed E-state index contributed by atoms with van der Waals surface area (Å²) in [5, 5.41) is 5.79. The van der Waals surface area contributed by atoms with Gasteiger partial charge in [0.05, 0.1) is 6.61 Å². The van der Waals surface area contributed by atoms with E-state index < -0.39 is 0 Å². The van der Waals surface area contributed by atoms with Crippen LogP contribution >= 0.6 is 39.0 Å². The fourth-order valence-electron chi connectivity index (χ4n) is 3.26. The van der Waals surface area contributed by atoms with Crippen molar-refractivity contribution in [3.63, 3.8) is 0 Å². The monoisotopic (exact) mass is 436 g/mol. The van der Waals surface area contributed by atoms with Crippen LogP contribution in [0.2, 0.25) is 0 Å². The third-order valence-electron chi connectivity index (χ3n) is 4.59. The first-order valence-corrected chi connectivity index (χ1v) is 10.7. The maximum Gasteiger partial charge on any atom is 0.257 e. The van der Waals surface area contributed by atoms with Crippen molar-refractivity contribution >= 4 is 50.1 Å². The maximum absolute atomic E-state index is 12.5. The Balaban J connectivity index is 1.65. The first kappa shape index (κ1) is 17.3. The van der Waals surface area contributed by atoms with Gasteiger partial charge in [0.25, 0.3) is 5.91 Å². The molecule has 7 heteroatoms. The number of carbonyl (C=O) groups is 1. The molecule has 130 valence electrons. The summed E-state index contributed by atoms with van der Waals surface area (Å²) in [5.74, 6) is 1.11. The number of nitrogens with zero attached hydrogens (tertiary/aromatic N) is 1. The molecule has 1 saturated heterocycles. The third-order valence-corrected chi connectivity index (χ3v) is 7.49. The molecule has 0 aliphatic carbocycles. The Morgan fingerprint density at radius 2 is 2.20 bits per heavy atom. The number of rotatable bonds is 2. The lowest BCUT2D eigenvalue weighted by molar-refractivity contribution is 0.0113. The van der Waals surface area contributed by atoms with Gasteiger partial charge in [0, 0.05) is 45.0 Å². The molecule has 1 amide bonds. The van der Waals surface area contributed by atoms with Gasteiger partial charge in [0.2, 0.25) is 0 Å². The van der Waals surface area contributed by atoms with Gasteiger partial charge in [-0.25, -0.2) is 4.99 Å². The Kier molecular flexibility index (Phi) is 4.99. The van der Waals surface area contributed by atoms with Crippen molar-refractivity contribution in [1.29, 1.82) is 0 Å². The zero-order valence-corrected chi connectivity index (χ0v) is 16.6. The summed E-state index contributed by atoms with van der Waals surface area (Å²) < 4.78 is 6.78. The van der Waals surface area contributed by atoms with E-state index >= 15 is 0 Å². The Hall–Kier alpha value is -1.15. The van der Waals surface area contributed by atoms with E-state index in [2.05, 4.69) is 32.7 Å². The summed E-state index contributed by atoms with van der Waals surface area (Å²) in [6.45, 7) is 1.41. The van der Waals surface area contributed by atoms with Crippen LogP contribution < -0.4 is 5.32 Å². The number of thioether (sulfide) groups is 1. The van der Waals surface area contributed by atoms with E-state index in [0.29, 0.717) is 29.9 Å². The van der Waals surface area contributed by atoms with Gasteiger partial charge in [-0.1, -0.05) is 30.0 Å². The van der Waals surface area contributed by atoms with E-state index in [9.17, 15) is 4.79 Å². The highest BCUT2D eigenvalue weighted by Gasteiger charge is 2.46. The highest BCUT2D eigenvalue weighted by atomic mass is 79.9. The summed E-state index contributed by atoms with van der Waals surface area (Å²) in [7, 11) is 0. The van der Waals surface area contributed by atoms with Crippen LogP contribution in [0, 0.1) is 5.92 Å². The molecule has 2 atom stereocenters. The number of halogens is 1. The molecule has 1 fully saturated rings. The van der Waals surface area contributed by atoms with Crippen LogP contribution in [0.3, 0.4) is 0 Å². The van der Waals surface area contributed by atoms with E-state index in [0.717, 1.165) is 16.6 Å². The summed E-state index contributed by atoms with van der Waals surface area (Å²) in [5.41, 5.74) is 0.354. The van der Waals surface area contributed by atoms with Crippen molar-refractivity contribution in [2.45, 2.75) is 12.0 Å². The van der Waals surface area contributed by atoms with E-state index in [-0.39, 0.29) is 11.4 Å². The Morgan fingerprint density at radius 1 is 1.36 bits per heavy atom. The lowest BCUT2D eigenvalue weighted by Gasteiger charge is -2.43. The van der Waals surface area contributed by atoms with Crippen LogP contribution in [0.15, 0.2) is 51.2 Å². The van der Waals surface area contributed by atoms with Gasteiger partial charge in [-0.05, 0) is 34.1 Å². The number of amides is 1. The lowest BCUT2D eigenvalue weighted by atomic mass is 9.80. The molecule has 2 aliphatic rings. The second-order valence-electron chi connectivity index (χ2n) is 6.12. The molecule has 0 unspecified atom stereocenters. The molecule has 1 aromatic heterocycles. The molecule has 2 aliphatic heterocycles. The molecular weight excluding hydrogens is 420 g/mol. The fourth-order valence-corrected chi connectivity index (χ4v) is 6.07. The van der Waals surface area contributed by atoms with Gasteiger partial charge >= 0.3 is 0 Å². The number of thiophene rings is 1. The van der Waals surface area contributed by atoms with Crippen molar-refractivity contribution in [3.8, 4) is 0 Å². The normalized spacial score (nSPS) is 25.8. The summed E-state index contributed by atoms with van der Waals surface area (Å²) in [4.78, 5) is 18.8. The smallest absolute Gasteiger partial charge is 0.257 e. The van der Waals surface area contributed by atoms with E-state index in [1.54, 1.807) is 23.1 Å². The summed E-state index contributed by atoms with van der Waals surface area (Å²) >= 11 is 6.87. The van der Waals surface area contributed by atoms with E-state index in [1.165, 1.54) is 4.88 Å². The van der Waals surface area contributed by atoms with Gasteiger partial charge in [-0.2, -0.15) is 0 Å². The number of benzene rings is 1. The first-order valence-electron chi connectivity index (χ1n) is 8.09. The molecule has 0 spiro atoms. The summed E-state index contributed by atoms with van der Waals surface area (Å²) in [6.07, 6.45) is 0.843. The maximum atomic E-state index is 12.5. The van der Waals surface area contributed by atoms with Crippen molar-refractivity contribution in [2.75, 3.05) is 19.0 Å². The fraction of sp³-hybridized carbons (Fsp3) is 0.333. The first-order chi connectivity index (χ1) is 12.2. The van der Waals surface area contributed by atoms with Crippen LogP contribution in [-0.4, -0.2) is 30.0 Å². The number of amidine groups is 1. The van der Waals surface area contributed by atoms with E-state index in [1.807, 2.05) is 30.3 Å². The molecule has 0 bridgehead atoms. The number of fused-ring (bicyclic) bond motifs is 1. The Morgan fingerprint density at radius 3 is 2.96 bits per heavy atom. The molecule has 3 heterocycles. The van der Waals surface area contributed by atoms with Crippen molar-refractivity contribution in [1.82, 2.24) is 5.32 Å². The molecule has 25 heavy (non-hydrogen) atoms. The number of nitrogens with one attached hydrogen (secondary N) is 1. The second-order valence-corrected chi connectivity index (χ2v) is 8.96. The van der Waals surface area contributed by atoms with Crippen LogP contribution in [0.1, 0.15) is 21.7 Å². The number of aliphatic imine (C=N–C) groups is 1. The van der Waals surface area contributed by atoms with Gasteiger partial charge in [-0.15, -0.1) is 11.3 Å². The van der Waals surface area contributed by atoms with Crippen LogP contribution in [0.5, 0.6) is 0 Å². The minimum absolute atomic E-state index is 0.111. The van der Waals surface area contributed by atoms with Gasteiger partial charge < -0.3 is 10.1 Å². The Bertz CT molecular complexity index is 808. The average molecular weight is 437 g/mol. The molecule has 1 N–H and O–H groups in total. The highest BCUT2D eigenvalue weighted by molar-refractivity contribution is 9.10. The van der Waals surface area contributed by atoms with Crippen LogP contribution in [0.25, 0.3) is 0 Å². The molecule has 4 rings (SSSR count). The lowest BCUT2D eigenvalue weighted by Crippen LogP contribution is -2.47. The second kappa shape index (κ2) is 7.23. The van der Waals surface area contributed by atoms with Crippen molar-refractivity contribution in [3.05, 3.63) is 56.7 Å². The minimum atomic E-state index is -0.292. The number of hydrogen-bond donors (Lipinski definition) is 1. The molecule has 0 saturated carbocycles. The van der Waals surface area contributed by atoms with Crippen molar-refractivity contribution < 1.29 is 9.53 Å². The predicted octanol–water partition coefficient (Wildman–Crippen LogP) is 4.28. The predicted molar refractivity (Wildman–Crippen MR) is 106 cm³/mol. The van der Waals surface area contributed by atoms with Gasteiger partial charge in [0.15, 0.2) is 5.17 Å². The zero-order valence-electron chi connectivity index (χ0n) is 13.4. The largest absolute Gasteiger partial charge is 0.381 e. The van der Waals surface area contributed by atoms with Crippen LogP contribution in [-0.2, 0) is 10.3 Å². The van der Waals surface area contributed by atoms with Gasteiger partial charge in [0.1, 0.15) is 5.54 Å². The molecular formula is C18H17BrN2O2S2. The Labute approximate surface area is 163 Å². The number of carbonyl (C=O) groups excluding carboxylic acids is 1. The number of hydrogen-bond acceptors (Lipinski definition) is 5. The molecule has 0 radical (unpaired) electrons. The quantitative estimate of drug-likeness (QED) is 0.764. The molecule has 2 aromatic rings. The standard InChI is InChI=1S/C18H17BrN2O2S2/c19-14-8-15(24-11-14)18-6-7-23-9-13(18)10-25-17(21-18)20-16(22)12-4-2-1-3-5-12/h1-5,8,11,13H,6-7,9-10H2,(H,20,21,22)/t13-,18+/m0/s1. The van der Waals surface area contributed by atoms with Crippen molar-refractivity contribution in [2.24, 2.45) is 10.9 Å². The highest BCUT2D eigenvalue weighted by Crippen LogP contribution is 2.47. The number of ether oxygens (including phenoxy) is 1. The average Bonchev–Trinajstić information content (AvgIpc) is 3.09. The molecule has 4 nitrogen and oxygen atoms in total. The minimum Gasteiger partial charge on any atom is -0.381 e. The molecule has 1 aromatic carbocycles. The summed E-state index contributed by atoms with van der Waals surface area (Å²) in [6, 6.07) is 11.4. The third kappa shape index (κ3) is 3.43. The SMILES string of the molecule is O=C(NC1=N[C@]2(c3cc(Br)cs3)CCOC[C@H]2CS1)c1ccccc1. The van der Waals surface area contributed by atoms with E-state index in [4.69, 9.17) is 9.73 Å². The zero-order chi connectivity index (χ0) is 17.3. The topological polar surface area (TPSA) is 50.7 Å². The van der Waals surface area contributed by atoms with Crippen LogP contribution in [0.4, 0.5) is 0 Å². The van der Waals surface area contributed by atoms with Gasteiger partial charge in [-0.3, -0.25) is 4.79 Å².